The Morgan fingerprint density at radius 3 is 1.22 bits per heavy atom. The molecule has 0 saturated carbocycles. The summed E-state index contributed by atoms with van der Waals surface area (Å²) in [6.45, 7) is -6.12. The molecule has 0 unspecified atom stereocenters. The van der Waals surface area contributed by atoms with E-state index in [1.165, 1.54) is 0 Å². The van der Waals surface area contributed by atoms with Gasteiger partial charge in [-0.1, -0.05) is 54.6 Å². The van der Waals surface area contributed by atoms with E-state index in [1.807, 2.05) is 0 Å². The van der Waals surface area contributed by atoms with Gasteiger partial charge in [-0.05, 0) is 50.1 Å². The molecule has 0 heterocycles. The second kappa shape index (κ2) is 8.08. The molecular formula is C21H22IP. The highest BCUT2D eigenvalue weighted by Crippen LogP contribution is 2.59. The van der Waals surface area contributed by atoms with Crippen molar-refractivity contribution in [1.82, 2.24) is 0 Å². The second-order valence-corrected chi connectivity index (χ2v) is 8.36. The fraction of sp³-hybridized carbons (Fsp3) is 0.143. The van der Waals surface area contributed by atoms with E-state index >= 15 is 0 Å². The van der Waals surface area contributed by atoms with Gasteiger partial charge in [0.1, 0.15) is 23.2 Å². The number of hydrogen-bond acceptors (Lipinski definition) is 0. The minimum Gasteiger partial charge on any atom is -1.00 e. The van der Waals surface area contributed by atoms with E-state index in [2.05, 4.69) is 0 Å². The maximum absolute atomic E-state index is 9.27. The molecule has 2 heteroatoms. The molecule has 0 aromatic heterocycles. The van der Waals surface area contributed by atoms with E-state index in [-0.39, 0.29) is 24.0 Å². The minimum atomic E-state index is -3.48. The molecule has 3 aromatic carbocycles. The van der Waals surface area contributed by atoms with Gasteiger partial charge in [0.2, 0.25) is 0 Å². The molecule has 118 valence electrons. The highest BCUT2D eigenvalue weighted by molar-refractivity contribution is 7.96. The van der Waals surface area contributed by atoms with Crippen molar-refractivity contribution in [2.45, 2.75) is 19.3 Å². The molecule has 0 atom stereocenters. The summed E-state index contributed by atoms with van der Waals surface area (Å²) in [7, 11) is -3.48. The maximum Gasteiger partial charge on any atom is 0.114 e. The Bertz CT molecular complexity index is 831. The number of halogens is 1. The van der Waals surface area contributed by atoms with E-state index < -0.39 is 26.6 Å². The average molecular weight is 439 g/mol. The largest absolute Gasteiger partial charge is 1.00 e. The van der Waals surface area contributed by atoms with E-state index in [4.69, 9.17) is 8.22 Å². The van der Waals surface area contributed by atoms with Gasteiger partial charge in [0.05, 0.1) is 7.01 Å². The monoisotopic (exact) mass is 439 g/mol. The van der Waals surface area contributed by atoms with Crippen LogP contribution in [0.5, 0.6) is 0 Å². The topological polar surface area (TPSA) is 0 Å². The fourth-order valence-corrected chi connectivity index (χ4v) is 6.32. The van der Waals surface area contributed by atoms with Crippen molar-refractivity contribution in [1.29, 1.82) is 0 Å². The van der Waals surface area contributed by atoms with E-state index in [0.29, 0.717) is 15.9 Å². The molecule has 0 aliphatic rings. The van der Waals surface area contributed by atoms with Crippen LogP contribution < -0.4 is 39.9 Å². The van der Waals surface area contributed by atoms with Gasteiger partial charge in [0.15, 0.2) is 0 Å². The zero-order valence-electron chi connectivity index (χ0n) is 19.5. The van der Waals surface area contributed by atoms with Crippen LogP contribution in [0.3, 0.4) is 0 Å². The standard InChI is InChI=1S/C21H22P.HI/c1-18(2)22(19-12-6-3-7-13-19,20-14-8-4-9-15-20)21-16-10-5-11-17-21;/h3-18H,1-2H3;1H/q+1;/p-1/i1D3,2D3,18D;. The number of benzene rings is 3. The normalized spacial score (nSPS) is 17.1. The summed E-state index contributed by atoms with van der Waals surface area (Å²) >= 11 is 0. The molecule has 0 amide bonds. The molecule has 0 fully saturated rings. The first-order valence-electron chi connectivity index (χ1n) is 10.6. The first-order chi connectivity index (χ1) is 13.6. The summed E-state index contributed by atoms with van der Waals surface area (Å²) in [4.78, 5) is 0. The Morgan fingerprint density at radius 2 is 0.957 bits per heavy atom. The number of hydrogen-bond donors (Lipinski definition) is 0. The fourth-order valence-electron chi connectivity index (χ4n) is 2.79. The zero-order chi connectivity index (χ0) is 21.3. The SMILES string of the molecule is [2H]C([2H])([2H])C([2H])(C([2H])([2H])[2H])[P+](c1ccccc1)(c1ccccc1)c1ccccc1.[I-]. The summed E-state index contributed by atoms with van der Waals surface area (Å²) in [6, 6.07) is 26.4. The van der Waals surface area contributed by atoms with Crippen molar-refractivity contribution >= 4 is 23.2 Å². The molecule has 0 radical (unpaired) electrons. The van der Waals surface area contributed by atoms with Crippen LogP contribution >= 0.6 is 7.26 Å². The molecule has 0 bridgehead atoms. The van der Waals surface area contributed by atoms with Crippen molar-refractivity contribution in [3.8, 4) is 0 Å². The number of rotatable bonds is 4. The first-order valence-corrected chi connectivity index (χ1v) is 8.92. The van der Waals surface area contributed by atoms with Crippen LogP contribution in [0.15, 0.2) is 91.0 Å². The van der Waals surface area contributed by atoms with Crippen molar-refractivity contribution in [3.05, 3.63) is 91.0 Å². The van der Waals surface area contributed by atoms with Gasteiger partial charge in [-0.2, -0.15) is 0 Å². The summed E-state index contributed by atoms with van der Waals surface area (Å²) in [5, 5.41) is 1.67. The Balaban J connectivity index is 0.00000320. The lowest BCUT2D eigenvalue weighted by atomic mass is 10.3. The second-order valence-electron chi connectivity index (χ2n) is 5.03. The molecule has 0 N–H and O–H groups in total. The summed E-state index contributed by atoms with van der Waals surface area (Å²) in [5.41, 5.74) is -2.74. The average Bonchev–Trinajstić information content (AvgIpc) is 2.69. The third-order valence-corrected chi connectivity index (χ3v) is 7.65. The van der Waals surface area contributed by atoms with Crippen LogP contribution in [-0.4, -0.2) is 5.64 Å². The first kappa shape index (κ1) is 10.6. The Labute approximate surface area is 167 Å². The zero-order valence-corrected chi connectivity index (χ0v) is 15.5. The van der Waals surface area contributed by atoms with Crippen LogP contribution in [-0.2, 0) is 0 Å². The lowest BCUT2D eigenvalue weighted by Gasteiger charge is -2.31. The van der Waals surface area contributed by atoms with E-state index in [1.54, 1.807) is 91.0 Å². The molecular weight excluding hydrogens is 410 g/mol. The van der Waals surface area contributed by atoms with Crippen LogP contribution in [0.1, 0.15) is 23.3 Å². The van der Waals surface area contributed by atoms with Gasteiger partial charge in [-0.15, -0.1) is 0 Å². The van der Waals surface area contributed by atoms with E-state index in [9.17, 15) is 1.37 Å². The molecule has 0 aliphatic heterocycles. The molecule has 3 rings (SSSR count). The van der Waals surface area contributed by atoms with Crippen molar-refractivity contribution < 1.29 is 33.6 Å². The molecule has 23 heavy (non-hydrogen) atoms. The summed E-state index contributed by atoms with van der Waals surface area (Å²) in [6.07, 6.45) is 0. The predicted octanol–water partition coefficient (Wildman–Crippen LogP) is 1.39. The van der Waals surface area contributed by atoms with Gasteiger partial charge >= 0.3 is 0 Å². The Hall–Kier alpha value is -1.18. The Kier molecular flexibility index (Phi) is 3.74. The van der Waals surface area contributed by atoms with Crippen LogP contribution in [0.4, 0.5) is 0 Å². The molecule has 0 aliphatic carbocycles. The third-order valence-electron chi connectivity index (χ3n) is 3.77. The Morgan fingerprint density at radius 1 is 0.652 bits per heavy atom. The van der Waals surface area contributed by atoms with Crippen molar-refractivity contribution in [2.75, 3.05) is 0 Å². The molecule has 0 nitrogen and oxygen atoms in total. The molecule has 3 aromatic rings. The highest BCUT2D eigenvalue weighted by atomic mass is 127. The van der Waals surface area contributed by atoms with Crippen LogP contribution in [0.2, 0.25) is 0 Å². The summed E-state index contributed by atoms with van der Waals surface area (Å²) < 4.78 is 58.8. The van der Waals surface area contributed by atoms with Gasteiger partial charge in [0.25, 0.3) is 0 Å². The minimum absolute atomic E-state index is 0. The van der Waals surface area contributed by atoms with Gasteiger partial charge in [-0.25, -0.2) is 0 Å². The molecule has 0 spiro atoms. The van der Waals surface area contributed by atoms with Gasteiger partial charge in [-0.3, -0.25) is 0 Å². The van der Waals surface area contributed by atoms with E-state index in [0.717, 1.165) is 0 Å². The lowest BCUT2D eigenvalue weighted by Crippen LogP contribution is -3.00. The molecule has 0 saturated heterocycles. The van der Waals surface area contributed by atoms with Crippen molar-refractivity contribution in [3.63, 3.8) is 0 Å². The van der Waals surface area contributed by atoms with Crippen molar-refractivity contribution in [2.24, 2.45) is 0 Å². The van der Waals surface area contributed by atoms with Crippen LogP contribution in [0, 0.1) is 0 Å². The lowest BCUT2D eigenvalue weighted by molar-refractivity contribution is -0.00000438. The quantitative estimate of drug-likeness (QED) is 0.426. The van der Waals surface area contributed by atoms with Gasteiger partial charge < -0.3 is 24.0 Å². The smallest absolute Gasteiger partial charge is 0.114 e. The maximum atomic E-state index is 9.27. The highest BCUT2D eigenvalue weighted by Gasteiger charge is 2.48. The van der Waals surface area contributed by atoms with Crippen LogP contribution in [0.25, 0.3) is 0 Å². The third kappa shape index (κ3) is 3.36. The predicted molar refractivity (Wildman–Crippen MR) is 100 cm³/mol. The summed E-state index contributed by atoms with van der Waals surface area (Å²) in [5.74, 6) is 0. The van der Waals surface area contributed by atoms with Gasteiger partial charge in [0, 0.05) is 8.22 Å².